The van der Waals surface area contributed by atoms with Crippen LogP contribution in [0.3, 0.4) is 0 Å². The fraction of sp³-hybridized carbons (Fsp3) is 0.538. The first-order valence-corrected chi connectivity index (χ1v) is 6.57. The lowest BCUT2D eigenvalue weighted by molar-refractivity contribution is -0.122. The molecule has 1 aromatic heterocycles. The van der Waals surface area contributed by atoms with Gasteiger partial charge in [0, 0.05) is 25.3 Å². The number of carbonyl (C=O) groups excluding carboxylic acids is 1. The number of hydrazine groups is 1. The molecule has 1 saturated heterocycles. The summed E-state index contributed by atoms with van der Waals surface area (Å²) < 4.78 is 0. The lowest BCUT2D eigenvalue weighted by Gasteiger charge is -2.34. The molecule has 2 unspecified atom stereocenters. The van der Waals surface area contributed by atoms with Gasteiger partial charge in [-0.1, -0.05) is 13.0 Å². The van der Waals surface area contributed by atoms with Gasteiger partial charge in [-0.3, -0.25) is 20.5 Å². The first kappa shape index (κ1) is 13.8. The highest BCUT2D eigenvalue weighted by Crippen LogP contribution is 2.14. The van der Waals surface area contributed by atoms with Crippen molar-refractivity contribution in [3.05, 3.63) is 24.4 Å². The van der Waals surface area contributed by atoms with Crippen LogP contribution in [-0.2, 0) is 4.79 Å². The highest BCUT2D eigenvalue weighted by atomic mass is 16.2. The highest BCUT2D eigenvalue weighted by Gasteiger charge is 2.23. The number of nitrogens with zero attached hydrogens (tertiary/aromatic N) is 2. The molecule has 0 saturated carbocycles. The van der Waals surface area contributed by atoms with Crippen LogP contribution in [0.25, 0.3) is 0 Å². The molecule has 4 N–H and O–H groups in total. The van der Waals surface area contributed by atoms with Crippen LogP contribution in [0.1, 0.15) is 13.3 Å². The summed E-state index contributed by atoms with van der Waals surface area (Å²) in [5.74, 6) is 1.09. The third-order valence-electron chi connectivity index (χ3n) is 3.13. The Balaban J connectivity index is 1.75. The number of likely N-dealkylation sites (tertiary alicyclic amines) is 1. The summed E-state index contributed by atoms with van der Waals surface area (Å²) in [5.41, 5.74) is 11.4. The molecule has 104 valence electrons. The first-order valence-electron chi connectivity index (χ1n) is 6.57. The molecule has 0 aliphatic carbocycles. The Bertz CT molecular complexity index is 401. The van der Waals surface area contributed by atoms with Crippen molar-refractivity contribution in [3.63, 3.8) is 0 Å². The van der Waals surface area contributed by atoms with Gasteiger partial charge in [-0.05, 0) is 24.5 Å². The van der Waals surface area contributed by atoms with Gasteiger partial charge < -0.3 is 5.73 Å². The lowest BCUT2D eigenvalue weighted by atomic mass is 9.97. The quantitative estimate of drug-likeness (QED) is 0.676. The molecule has 1 aliphatic rings. The summed E-state index contributed by atoms with van der Waals surface area (Å²) >= 11 is 0. The number of nitrogens with two attached hydrogens (primary N) is 1. The number of nitrogens with one attached hydrogen (secondary N) is 2. The fourth-order valence-corrected chi connectivity index (χ4v) is 2.46. The molecule has 2 atom stereocenters. The van der Waals surface area contributed by atoms with Gasteiger partial charge in [0.05, 0.1) is 6.54 Å². The SMILES string of the molecule is CC1CC(N)CN(CC(=O)NNc2ccccn2)C1. The average Bonchev–Trinajstić information content (AvgIpc) is 2.36. The summed E-state index contributed by atoms with van der Waals surface area (Å²) in [6, 6.07) is 5.63. The number of aromatic nitrogens is 1. The van der Waals surface area contributed by atoms with Crippen LogP contribution < -0.4 is 16.6 Å². The van der Waals surface area contributed by atoms with E-state index in [9.17, 15) is 4.79 Å². The topological polar surface area (TPSA) is 83.3 Å². The van der Waals surface area contributed by atoms with Gasteiger partial charge in [0.2, 0.25) is 0 Å². The average molecular weight is 263 g/mol. The largest absolute Gasteiger partial charge is 0.327 e. The normalized spacial score (nSPS) is 23.9. The van der Waals surface area contributed by atoms with Crippen LogP contribution in [-0.4, -0.2) is 41.5 Å². The van der Waals surface area contributed by atoms with E-state index in [0.29, 0.717) is 18.3 Å². The summed E-state index contributed by atoms with van der Waals surface area (Å²) in [7, 11) is 0. The van der Waals surface area contributed by atoms with Crippen molar-refractivity contribution >= 4 is 11.7 Å². The van der Waals surface area contributed by atoms with E-state index < -0.39 is 0 Å². The zero-order valence-electron chi connectivity index (χ0n) is 11.2. The smallest absolute Gasteiger partial charge is 0.252 e. The Hall–Kier alpha value is -1.66. The van der Waals surface area contributed by atoms with Crippen LogP contribution in [0.2, 0.25) is 0 Å². The Morgan fingerprint density at radius 2 is 2.37 bits per heavy atom. The number of carbonyl (C=O) groups is 1. The van der Waals surface area contributed by atoms with Gasteiger partial charge in [-0.2, -0.15) is 0 Å². The molecule has 0 bridgehead atoms. The molecule has 2 heterocycles. The van der Waals surface area contributed by atoms with Crippen LogP contribution in [0, 0.1) is 5.92 Å². The van der Waals surface area contributed by atoms with Crippen molar-refractivity contribution in [1.82, 2.24) is 15.3 Å². The number of hydrogen-bond donors (Lipinski definition) is 3. The Labute approximate surface area is 113 Å². The molecule has 6 heteroatoms. The van der Waals surface area contributed by atoms with E-state index in [0.717, 1.165) is 19.5 Å². The predicted molar refractivity (Wildman–Crippen MR) is 74.2 cm³/mol. The highest BCUT2D eigenvalue weighted by molar-refractivity contribution is 5.79. The van der Waals surface area contributed by atoms with Gasteiger partial charge >= 0.3 is 0 Å². The lowest BCUT2D eigenvalue weighted by Crippen LogP contribution is -2.50. The molecule has 19 heavy (non-hydrogen) atoms. The number of anilines is 1. The van der Waals surface area contributed by atoms with Crippen LogP contribution in [0.5, 0.6) is 0 Å². The van der Waals surface area contributed by atoms with Crippen LogP contribution in [0.15, 0.2) is 24.4 Å². The third kappa shape index (κ3) is 4.50. The molecule has 2 rings (SSSR count). The third-order valence-corrected chi connectivity index (χ3v) is 3.13. The van der Waals surface area contributed by atoms with Crippen molar-refractivity contribution in [2.45, 2.75) is 19.4 Å². The van der Waals surface area contributed by atoms with Gasteiger partial charge in [0.25, 0.3) is 5.91 Å². The second-order valence-electron chi connectivity index (χ2n) is 5.18. The van der Waals surface area contributed by atoms with Crippen molar-refractivity contribution in [2.24, 2.45) is 11.7 Å². The van der Waals surface area contributed by atoms with E-state index in [1.54, 1.807) is 12.3 Å². The minimum absolute atomic E-state index is 0.0769. The molecule has 1 fully saturated rings. The zero-order chi connectivity index (χ0) is 13.7. The van der Waals surface area contributed by atoms with Crippen molar-refractivity contribution < 1.29 is 4.79 Å². The first-order chi connectivity index (χ1) is 9.13. The molecule has 1 aromatic rings. The molecule has 0 radical (unpaired) electrons. The second-order valence-corrected chi connectivity index (χ2v) is 5.18. The summed E-state index contributed by atoms with van der Waals surface area (Å²) in [6.07, 6.45) is 2.70. The summed E-state index contributed by atoms with van der Waals surface area (Å²) in [5, 5.41) is 0. The summed E-state index contributed by atoms with van der Waals surface area (Å²) in [6.45, 7) is 4.22. The van der Waals surface area contributed by atoms with E-state index in [-0.39, 0.29) is 11.9 Å². The van der Waals surface area contributed by atoms with Crippen molar-refractivity contribution in [1.29, 1.82) is 0 Å². The molecule has 6 nitrogen and oxygen atoms in total. The van der Waals surface area contributed by atoms with E-state index >= 15 is 0 Å². The zero-order valence-corrected chi connectivity index (χ0v) is 11.2. The molecular formula is C13H21N5O. The van der Waals surface area contributed by atoms with Gasteiger partial charge in [-0.15, -0.1) is 0 Å². The fourth-order valence-electron chi connectivity index (χ4n) is 2.46. The minimum Gasteiger partial charge on any atom is -0.327 e. The number of amides is 1. The van der Waals surface area contributed by atoms with Crippen LogP contribution >= 0.6 is 0 Å². The Morgan fingerprint density at radius 3 is 3.05 bits per heavy atom. The minimum atomic E-state index is -0.0769. The molecule has 1 amide bonds. The number of piperidine rings is 1. The van der Waals surface area contributed by atoms with Gasteiger partial charge in [-0.25, -0.2) is 4.98 Å². The predicted octanol–water partition coefficient (Wildman–Crippen LogP) is 0.194. The second kappa shape index (κ2) is 6.49. The maximum Gasteiger partial charge on any atom is 0.252 e. The number of pyridine rings is 1. The van der Waals surface area contributed by atoms with Gasteiger partial charge in [0.15, 0.2) is 0 Å². The molecule has 0 spiro atoms. The van der Waals surface area contributed by atoms with E-state index in [1.807, 2.05) is 12.1 Å². The van der Waals surface area contributed by atoms with Gasteiger partial charge in [0.1, 0.15) is 5.82 Å². The standard InChI is InChI=1S/C13H21N5O/c1-10-6-11(14)8-18(7-10)9-13(19)17-16-12-4-2-3-5-15-12/h2-5,10-11H,6-9,14H2,1H3,(H,15,16)(H,17,19). The monoisotopic (exact) mass is 263 g/mol. The maximum absolute atomic E-state index is 11.8. The maximum atomic E-state index is 11.8. The number of hydrogen-bond acceptors (Lipinski definition) is 5. The molecule has 1 aliphatic heterocycles. The van der Waals surface area contributed by atoms with E-state index in [4.69, 9.17) is 5.73 Å². The Morgan fingerprint density at radius 1 is 1.53 bits per heavy atom. The Kier molecular flexibility index (Phi) is 4.70. The number of rotatable bonds is 4. The van der Waals surface area contributed by atoms with Crippen molar-refractivity contribution in [3.8, 4) is 0 Å². The van der Waals surface area contributed by atoms with Crippen LogP contribution in [0.4, 0.5) is 5.82 Å². The van der Waals surface area contributed by atoms with E-state index in [2.05, 4.69) is 27.7 Å². The summed E-state index contributed by atoms with van der Waals surface area (Å²) in [4.78, 5) is 18.0. The molecular weight excluding hydrogens is 242 g/mol. The van der Waals surface area contributed by atoms with Crippen molar-refractivity contribution in [2.75, 3.05) is 25.1 Å². The molecule has 0 aromatic carbocycles. The van der Waals surface area contributed by atoms with E-state index in [1.165, 1.54) is 0 Å².